The molecule has 200 valence electrons. The molecule has 1 unspecified atom stereocenters. The molecule has 0 saturated carbocycles. The Bertz CT molecular complexity index is 1370. The molecule has 1 atom stereocenters. The van der Waals surface area contributed by atoms with Crippen LogP contribution in [0.3, 0.4) is 0 Å². The molecule has 1 aliphatic rings. The molecule has 4 rings (SSSR count). The number of halogens is 4. The molecule has 0 amide bonds. The van der Waals surface area contributed by atoms with E-state index >= 15 is 0 Å². The van der Waals surface area contributed by atoms with Gasteiger partial charge in [0.05, 0.1) is 56.5 Å². The lowest BCUT2D eigenvalue weighted by Gasteiger charge is -2.28. The van der Waals surface area contributed by atoms with Crippen LogP contribution in [0.25, 0.3) is 6.08 Å². The Morgan fingerprint density at radius 2 is 1.47 bits per heavy atom. The van der Waals surface area contributed by atoms with Crippen LogP contribution in [0.2, 0.25) is 5.02 Å². The van der Waals surface area contributed by atoms with Gasteiger partial charge in [0.25, 0.3) is 0 Å². The molecule has 0 saturated heterocycles. The van der Waals surface area contributed by atoms with E-state index in [-0.39, 0.29) is 17.1 Å². The average Bonchev–Trinajstić information content (AvgIpc) is 3.33. The Balaban J connectivity index is 1.85. The lowest BCUT2D eigenvalue weighted by molar-refractivity contribution is -0.137. The van der Waals surface area contributed by atoms with Crippen molar-refractivity contribution >= 4 is 29.1 Å². The fraction of sp³-hybridized carbons (Fsp3) is 0.250. The van der Waals surface area contributed by atoms with Crippen molar-refractivity contribution < 1.29 is 32.1 Å². The number of methoxy groups -OCH3 is 4. The van der Waals surface area contributed by atoms with Crippen LogP contribution >= 0.6 is 11.6 Å². The summed E-state index contributed by atoms with van der Waals surface area (Å²) in [6.07, 6.45) is -0.859. The molecule has 0 aromatic heterocycles. The Labute approximate surface area is 223 Å². The minimum absolute atomic E-state index is 0.0740. The summed E-state index contributed by atoms with van der Waals surface area (Å²) in [6, 6.07) is 13.7. The molecule has 0 N–H and O–H groups in total. The predicted octanol–water partition coefficient (Wildman–Crippen LogP) is 7.41. The molecular formula is C28H26ClF3N2O4. The number of hydrazone groups is 1. The molecular weight excluding hydrogens is 521 g/mol. The summed E-state index contributed by atoms with van der Waals surface area (Å²) in [5.74, 6) is 1.93. The molecule has 0 fully saturated rings. The first-order valence-corrected chi connectivity index (χ1v) is 11.9. The zero-order chi connectivity index (χ0) is 27.4. The Morgan fingerprint density at radius 1 is 0.842 bits per heavy atom. The number of benzene rings is 3. The van der Waals surface area contributed by atoms with Crippen LogP contribution in [0.15, 0.2) is 65.8 Å². The van der Waals surface area contributed by atoms with E-state index in [4.69, 9.17) is 30.5 Å². The summed E-state index contributed by atoms with van der Waals surface area (Å²) in [5, 5.41) is 5.84. The molecule has 0 spiro atoms. The molecule has 10 heteroatoms. The third-order valence-corrected chi connectivity index (χ3v) is 6.44. The fourth-order valence-electron chi connectivity index (χ4n) is 4.46. The number of rotatable bonds is 8. The molecule has 1 heterocycles. The highest BCUT2D eigenvalue weighted by molar-refractivity contribution is 6.33. The fourth-order valence-corrected chi connectivity index (χ4v) is 4.72. The van der Waals surface area contributed by atoms with Gasteiger partial charge in [-0.3, -0.25) is 5.01 Å². The lowest BCUT2D eigenvalue weighted by Crippen LogP contribution is -2.23. The maximum Gasteiger partial charge on any atom is 0.418 e. The zero-order valence-electron chi connectivity index (χ0n) is 21.2. The zero-order valence-corrected chi connectivity index (χ0v) is 21.9. The largest absolute Gasteiger partial charge is 0.493 e. The molecule has 3 aromatic carbocycles. The first-order chi connectivity index (χ1) is 18.2. The summed E-state index contributed by atoms with van der Waals surface area (Å²) in [4.78, 5) is 0. The number of allylic oxidation sites excluding steroid dienone is 1. The maximum atomic E-state index is 14.1. The van der Waals surface area contributed by atoms with Crippen molar-refractivity contribution in [1.82, 2.24) is 0 Å². The molecule has 0 bridgehead atoms. The minimum Gasteiger partial charge on any atom is -0.493 e. The summed E-state index contributed by atoms with van der Waals surface area (Å²) < 4.78 is 64.1. The topological polar surface area (TPSA) is 52.5 Å². The van der Waals surface area contributed by atoms with Crippen molar-refractivity contribution in [3.63, 3.8) is 0 Å². The van der Waals surface area contributed by atoms with Crippen LogP contribution in [0.1, 0.15) is 29.2 Å². The van der Waals surface area contributed by atoms with E-state index in [0.29, 0.717) is 34.3 Å². The number of hydrogen-bond acceptors (Lipinski definition) is 6. The van der Waals surface area contributed by atoms with E-state index in [9.17, 15) is 13.2 Å². The van der Waals surface area contributed by atoms with Crippen LogP contribution in [-0.2, 0) is 6.18 Å². The summed E-state index contributed by atoms with van der Waals surface area (Å²) in [5.41, 5.74) is 0.722. The second-order valence-corrected chi connectivity index (χ2v) is 8.70. The Morgan fingerprint density at radius 3 is 2.11 bits per heavy atom. The number of anilines is 1. The van der Waals surface area contributed by atoms with Crippen molar-refractivity contribution in [3.8, 4) is 23.0 Å². The van der Waals surface area contributed by atoms with Gasteiger partial charge < -0.3 is 18.9 Å². The van der Waals surface area contributed by atoms with Gasteiger partial charge in [0.15, 0.2) is 23.0 Å². The van der Waals surface area contributed by atoms with Gasteiger partial charge in [-0.25, -0.2) is 0 Å². The summed E-state index contributed by atoms with van der Waals surface area (Å²) >= 11 is 6.38. The third-order valence-electron chi connectivity index (χ3n) is 6.14. The van der Waals surface area contributed by atoms with Crippen LogP contribution < -0.4 is 24.0 Å². The second kappa shape index (κ2) is 11.3. The molecule has 0 radical (unpaired) electrons. The van der Waals surface area contributed by atoms with Gasteiger partial charge in [-0.15, -0.1) is 0 Å². The summed E-state index contributed by atoms with van der Waals surface area (Å²) in [7, 11) is 6.05. The highest BCUT2D eigenvalue weighted by Gasteiger charge is 2.40. The maximum absolute atomic E-state index is 14.1. The molecule has 0 aliphatic carbocycles. The monoisotopic (exact) mass is 546 g/mol. The Kier molecular flexibility index (Phi) is 8.06. The number of para-hydroxylation sites is 3. The SMILES string of the molecule is COc1cccc(/C=C/C2=NN(c3c(Cl)cccc3C(F)(F)F)C(c3cccc(OC)c3OC)C2)c1OC. The van der Waals surface area contributed by atoms with Gasteiger partial charge >= 0.3 is 6.18 Å². The normalized spacial score (nSPS) is 15.5. The van der Waals surface area contributed by atoms with Gasteiger partial charge in [0.1, 0.15) is 0 Å². The van der Waals surface area contributed by atoms with Crippen LogP contribution in [0, 0.1) is 0 Å². The van der Waals surface area contributed by atoms with Crippen molar-refractivity contribution in [3.05, 3.63) is 82.4 Å². The molecule has 38 heavy (non-hydrogen) atoms. The van der Waals surface area contributed by atoms with E-state index in [1.165, 1.54) is 45.6 Å². The van der Waals surface area contributed by atoms with Gasteiger partial charge in [-0.2, -0.15) is 18.3 Å². The van der Waals surface area contributed by atoms with E-state index < -0.39 is 17.8 Å². The third kappa shape index (κ3) is 5.24. The minimum atomic E-state index is -4.65. The standard InChI is InChI=1S/C28H26ClF3N2O4/c1-35-23-12-5-8-17(26(23)37-3)14-15-18-16-22(19-9-6-13-24(36-2)27(19)38-4)34(33-18)25-20(28(30,31)32)10-7-11-21(25)29/h5-15,22H,16H2,1-4H3/b15-14+. The van der Waals surface area contributed by atoms with Crippen LogP contribution in [0.4, 0.5) is 18.9 Å². The van der Waals surface area contributed by atoms with E-state index in [0.717, 1.165) is 11.6 Å². The van der Waals surface area contributed by atoms with E-state index in [2.05, 4.69) is 5.10 Å². The second-order valence-electron chi connectivity index (χ2n) is 8.29. The first-order valence-electron chi connectivity index (χ1n) is 11.6. The van der Waals surface area contributed by atoms with Crippen LogP contribution in [0.5, 0.6) is 23.0 Å². The van der Waals surface area contributed by atoms with Gasteiger partial charge in [-0.05, 0) is 36.4 Å². The van der Waals surface area contributed by atoms with Gasteiger partial charge in [0.2, 0.25) is 0 Å². The average molecular weight is 547 g/mol. The highest BCUT2D eigenvalue weighted by Crippen LogP contribution is 2.48. The molecule has 3 aromatic rings. The molecule has 6 nitrogen and oxygen atoms in total. The van der Waals surface area contributed by atoms with E-state index in [1.807, 2.05) is 12.1 Å². The van der Waals surface area contributed by atoms with Gasteiger partial charge in [0, 0.05) is 17.5 Å². The van der Waals surface area contributed by atoms with Crippen molar-refractivity contribution in [2.45, 2.75) is 18.6 Å². The highest BCUT2D eigenvalue weighted by atomic mass is 35.5. The van der Waals surface area contributed by atoms with Crippen molar-refractivity contribution in [1.29, 1.82) is 0 Å². The number of alkyl halides is 3. The number of nitrogens with zero attached hydrogens (tertiary/aromatic N) is 2. The number of ether oxygens (including phenoxy) is 4. The summed E-state index contributed by atoms with van der Waals surface area (Å²) in [6.45, 7) is 0. The molecule has 1 aliphatic heterocycles. The Hall–Kier alpha value is -3.85. The first kappa shape index (κ1) is 27.2. The number of hydrogen-bond donors (Lipinski definition) is 0. The van der Waals surface area contributed by atoms with Gasteiger partial charge in [-0.1, -0.05) is 41.9 Å². The van der Waals surface area contributed by atoms with E-state index in [1.54, 1.807) is 36.4 Å². The quantitative estimate of drug-likeness (QED) is 0.294. The van der Waals surface area contributed by atoms with Crippen molar-refractivity contribution in [2.24, 2.45) is 5.10 Å². The van der Waals surface area contributed by atoms with Crippen molar-refractivity contribution in [2.75, 3.05) is 33.4 Å². The predicted molar refractivity (Wildman–Crippen MR) is 142 cm³/mol. The lowest BCUT2D eigenvalue weighted by atomic mass is 9.98. The smallest absolute Gasteiger partial charge is 0.418 e. The van der Waals surface area contributed by atoms with Crippen LogP contribution in [-0.4, -0.2) is 34.2 Å².